The highest BCUT2D eigenvalue weighted by atomic mass is 35.5. The SMILES string of the molecule is C=CCSCCNc1nc(Cl)nc(OC(C)C)n1. The lowest BCUT2D eigenvalue weighted by atomic mass is 10.5. The fourth-order valence-corrected chi connectivity index (χ4v) is 1.81. The van der Waals surface area contributed by atoms with E-state index in [0.29, 0.717) is 5.95 Å². The van der Waals surface area contributed by atoms with E-state index < -0.39 is 0 Å². The second-order valence-electron chi connectivity index (χ2n) is 3.67. The van der Waals surface area contributed by atoms with Crippen LogP contribution in [0.25, 0.3) is 0 Å². The molecule has 1 heterocycles. The van der Waals surface area contributed by atoms with Crippen LogP contribution in [0.3, 0.4) is 0 Å². The Balaban J connectivity index is 2.49. The number of rotatable bonds is 8. The van der Waals surface area contributed by atoms with Gasteiger partial charge in [-0.15, -0.1) is 6.58 Å². The van der Waals surface area contributed by atoms with E-state index in [0.717, 1.165) is 18.1 Å². The number of nitrogens with zero attached hydrogens (tertiary/aromatic N) is 3. The first-order valence-corrected chi connectivity index (χ1v) is 7.16. The average Bonchev–Trinajstić information content (AvgIpc) is 2.27. The van der Waals surface area contributed by atoms with Crippen molar-refractivity contribution in [2.24, 2.45) is 0 Å². The van der Waals surface area contributed by atoms with Gasteiger partial charge >= 0.3 is 6.01 Å². The summed E-state index contributed by atoms with van der Waals surface area (Å²) in [6, 6.07) is 0.242. The Bertz CT molecular complexity index is 389. The average molecular weight is 289 g/mol. The van der Waals surface area contributed by atoms with E-state index >= 15 is 0 Å². The minimum atomic E-state index is -0.000497. The molecule has 0 saturated heterocycles. The van der Waals surface area contributed by atoms with Crippen molar-refractivity contribution in [2.45, 2.75) is 20.0 Å². The largest absolute Gasteiger partial charge is 0.461 e. The number of halogens is 1. The van der Waals surface area contributed by atoms with E-state index in [-0.39, 0.29) is 17.4 Å². The summed E-state index contributed by atoms with van der Waals surface area (Å²) in [7, 11) is 0. The molecule has 1 aromatic heterocycles. The van der Waals surface area contributed by atoms with E-state index in [9.17, 15) is 0 Å². The molecule has 0 saturated carbocycles. The van der Waals surface area contributed by atoms with E-state index in [2.05, 4.69) is 26.8 Å². The van der Waals surface area contributed by atoms with Crippen LogP contribution >= 0.6 is 23.4 Å². The first-order valence-electron chi connectivity index (χ1n) is 5.62. The molecular weight excluding hydrogens is 272 g/mol. The first kappa shape index (κ1) is 15.0. The summed E-state index contributed by atoms with van der Waals surface area (Å²) < 4.78 is 5.38. The van der Waals surface area contributed by atoms with Crippen LogP contribution in [0.2, 0.25) is 5.28 Å². The first-order chi connectivity index (χ1) is 8.61. The molecule has 0 amide bonds. The molecule has 0 spiro atoms. The third-order valence-electron chi connectivity index (χ3n) is 1.69. The minimum Gasteiger partial charge on any atom is -0.461 e. The Morgan fingerprint density at radius 2 is 2.22 bits per heavy atom. The highest BCUT2D eigenvalue weighted by molar-refractivity contribution is 7.99. The molecule has 7 heteroatoms. The third-order valence-corrected chi connectivity index (χ3v) is 2.83. The Hall–Kier alpha value is -1.01. The summed E-state index contributed by atoms with van der Waals surface area (Å²) >= 11 is 7.57. The van der Waals surface area contributed by atoms with Gasteiger partial charge in [-0.3, -0.25) is 0 Å². The van der Waals surface area contributed by atoms with Crippen molar-refractivity contribution in [1.82, 2.24) is 15.0 Å². The summed E-state index contributed by atoms with van der Waals surface area (Å²) in [5.41, 5.74) is 0. The van der Waals surface area contributed by atoms with Gasteiger partial charge in [0.15, 0.2) is 0 Å². The summed E-state index contributed by atoms with van der Waals surface area (Å²) in [6.07, 6.45) is 1.87. The molecule has 0 radical (unpaired) electrons. The molecule has 0 aliphatic carbocycles. The van der Waals surface area contributed by atoms with E-state index in [4.69, 9.17) is 16.3 Å². The molecule has 1 rings (SSSR count). The fourth-order valence-electron chi connectivity index (χ4n) is 1.08. The van der Waals surface area contributed by atoms with Crippen LogP contribution in [0.15, 0.2) is 12.7 Å². The highest BCUT2D eigenvalue weighted by Gasteiger charge is 2.07. The van der Waals surface area contributed by atoms with E-state index in [1.54, 1.807) is 11.8 Å². The molecule has 0 aliphatic heterocycles. The Labute approximate surface area is 116 Å². The summed E-state index contributed by atoms with van der Waals surface area (Å²) in [5.74, 6) is 2.31. The van der Waals surface area contributed by atoms with Crippen molar-refractivity contribution < 1.29 is 4.74 Å². The quantitative estimate of drug-likeness (QED) is 0.586. The standard InChI is InChI=1S/C11H17ClN4OS/c1-4-6-18-7-5-13-10-14-9(12)15-11(16-10)17-8(2)3/h4,8H,1,5-7H2,2-3H3,(H,13,14,15,16). The summed E-state index contributed by atoms with van der Waals surface area (Å²) in [4.78, 5) is 12.0. The predicted molar refractivity (Wildman–Crippen MR) is 76.6 cm³/mol. The van der Waals surface area contributed by atoms with Crippen molar-refractivity contribution in [1.29, 1.82) is 0 Å². The van der Waals surface area contributed by atoms with Gasteiger partial charge in [0.2, 0.25) is 11.2 Å². The lowest BCUT2D eigenvalue weighted by Gasteiger charge is -2.09. The number of hydrogen-bond donors (Lipinski definition) is 1. The zero-order valence-electron chi connectivity index (χ0n) is 10.5. The molecule has 1 aromatic rings. The predicted octanol–water partition coefficient (Wildman–Crippen LogP) is 2.64. The van der Waals surface area contributed by atoms with Crippen LogP contribution in [0, 0.1) is 0 Å². The lowest BCUT2D eigenvalue weighted by Crippen LogP contribution is -2.12. The van der Waals surface area contributed by atoms with Crippen LogP contribution in [-0.4, -0.2) is 39.1 Å². The second kappa shape index (κ2) is 8.16. The maximum Gasteiger partial charge on any atom is 0.322 e. The molecule has 100 valence electrons. The van der Waals surface area contributed by atoms with Gasteiger partial charge in [-0.1, -0.05) is 6.08 Å². The summed E-state index contributed by atoms with van der Waals surface area (Å²) in [6.45, 7) is 8.21. The maximum atomic E-state index is 5.80. The Kier molecular flexibility index (Phi) is 6.82. The smallest absolute Gasteiger partial charge is 0.322 e. The van der Waals surface area contributed by atoms with Gasteiger partial charge in [-0.05, 0) is 25.4 Å². The summed E-state index contributed by atoms with van der Waals surface area (Å²) in [5, 5.41) is 3.20. The molecule has 0 aromatic carbocycles. The van der Waals surface area contributed by atoms with Crippen LogP contribution in [-0.2, 0) is 0 Å². The number of hydrogen-bond acceptors (Lipinski definition) is 6. The Morgan fingerprint density at radius 1 is 1.44 bits per heavy atom. The van der Waals surface area contributed by atoms with Crippen molar-refractivity contribution in [3.8, 4) is 6.01 Å². The topological polar surface area (TPSA) is 59.9 Å². The number of thioether (sulfide) groups is 1. The van der Waals surface area contributed by atoms with Crippen LogP contribution < -0.4 is 10.1 Å². The number of nitrogens with one attached hydrogen (secondary N) is 1. The number of anilines is 1. The highest BCUT2D eigenvalue weighted by Crippen LogP contribution is 2.12. The molecule has 18 heavy (non-hydrogen) atoms. The van der Waals surface area contributed by atoms with Crippen molar-refractivity contribution in [3.05, 3.63) is 17.9 Å². The minimum absolute atomic E-state index is 0.000497. The molecule has 0 unspecified atom stereocenters. The maximum absolute atomic E-state index is 5.80. The molecule has 1 N–H and O–H groups in total. The lowest BCUT2D eigenvalue weighted by molar-refractivity contribution is 0.222. The zero-order chi connectivity index (χ0) is 13.4. The number of aromatic nitrogens is 3. The number of ether oxygens (including phenoxy) is 1. The van der Waals surface area contributed by atoms with Crippen LogP contribution in [0.5, 0.6) is 6.01 Å². The third kappa shape index (κ3) is 6.07. The molecule has 0 fully saturated rings. The van der Waals surface area contributed by atoms with Crippen molar-refractivity contribution in [3.63, 3.8) is 0 Å². The molecule has 0 atom stereocenters. The van der Waals surface area contributed by atoms with E-state index in [1.165, 1.54) is 0 Å². The molecule has 5 nitrogen and oxygen atoms in total. The van der Waals surface area contributed by atoms with Crippen LogP contribution in [0.1, 0.15) is 13.8 Å². The van der Waals surface area contributed by atoms with E-state index in [1.807, 2.05) is 19.9 Å². The van der Waals surface area contributed by atoms with Crippen LogP contribution in [0.4, 0.5) is 5.95 Å². The second-order valence-corrected chi connectivity index (χ2v) is 5.16. The fraction of sp³-hybridized carbons (Fsp3) is 0.545. The molecular formula is C11H17ClN4OS. The van der Waals surface area contributed by atoms with Crippen molar-refractivity contribution >= 4 is 29.3 Å². The van der Waals surface area contributed by atoms with Gasteiger partial charge in [0.1, 0.15) is 0 Å². The van der Waals surface area contributed by atoms with Gasteiger partial charge in [-0.25, -0.2) is 0 Å². The van der Waals surface area contributed by atoms with Gasteiger partial charge in [-0.2, -0.15) is 26.7 Å². The van der Waals surface area contributed by atoms with Gasteiger partial charge < -0.3 is 10.1 Å². The molecule has 0 bridgehead atoms. The van der Waals surface area contributed by atoms with Gasteiger partial charge in [0.05, 0.1) is 6.10 Å². The zero-order valence-corrected chi connectivity index (χ0v) is 12.1. The van der Waals surface area contributed by atoms with Gasteiger partial charge in [0.25, 0.3) is 0 Å². The Morgan fingerprint density at radius 3 is 2.89 bits per heavy atom. The normalized spacial score (nSPS) is 10.4. The monoisotopic (exact) mass is 288 g/mol. The van der Waals surface area contributed by atoms with Gasteiger partial charge in [0, 0.05) is 18.1 Å². The molecule has 0 aliphatic rings. The van der Waals surface area contributed by atoms with Crippen molar-refractivity contribution in [2.75, 3.05) is 23.4 Å².